The van der Waals surface area contributed by atoms with Gasteiger partial charge in [0.05, 0.1) is 23.5 Å². The van der Waals surface area contributed by atoms with E-state index in [-0.39, 0.29) is 12.5 Å². The van der Waals surface area contributed by atoms with Crippen LogP contribution in [0.4, 0.5) is 23.0 Å². The predicted molar refractivity (Wildman–Crippen MR) is 154 cm³/mol. The van der Waals surface area contributed by atoms with E-state index in [2.05, 4.69) is 42.3 Å². The summed E-state index contributed by atoms with van der Waals surface area (Å²) in [5.74, 6) is 0.131. The first-order valence-corrected chi connectivity index (χ1v) is 13.1. The van der Waals surface area contributed by atoms with Gasteiger partial charge in [0.15, 0.2) is 0 Å². The zero-order chi connectivity index (χ0) is 26.7. The molecule has 1 aromatic heterocycles. The van der Waals surface area contributed by atoms with Crippen LogP contribution in [0, 0.1) is 0 Å². The van der Waals surface area contributed by atoms with Gasteiger partial charge >= 0.3 is 0 Å². The number of aromatic nitrogens is 2. The molecule has 38 heavy (non-hydrogen) atoms. The molecule has 3 aromatic rings. The molecule has 0 radical (unpaired) electrons. The van der Waals surface area contributed by atoms with Gasteiger partial charge in [-0.2, -0.15) is 0 Å². The van der Waals surface area contributed by atoms with E-state index in [4.69, 9.17) is 16.7 Å². The summed E-state index contributed by atoms with van der Waals surface area (Å²) in [6.45, 7) is 10.6. The van der Waals surface area contributed by atoms with Crippen molar-refractivity contribution in [1.29, 1.82) is 0 Å². The normalized spacial score (nSPS) is 14.2. The number of nitrogens with zero attached hydrogens (tertiary/aromatic N) is 4. The highest BCUT2D eigenvalue weighted by atomic mass is 35.5. The molecule has 1 fully saturated rings. The molecule has 1 saturated heterocycles. The fourth-order valence-corrected chi connectivity index (χ4v) is 4.52. The second kappa shape index (κ2) is 13.9. The van der Waals surface area contributed by atoms with E-state index < -0.39 is 0 Å². The summed E-state index contributed by atoms with van der Waals surface area (Å²) in [7, 11) is 0. The van der Waals surface area contributed by atoms with E-state index in [1.54, 1.807) is 18.3 Å². The van der Waals surface area contributed by atoms with Gasteiger partial charge in [0.2, 0.25) is 11.9 Å². The molecule has 4 rings (SSSR count). The Morgan fingerprint density at radius 2 is 1.74 bits per heavy atom. The van der Waals surface area contributed by atoms with Crippen molar-refractivity contribution in [3.05, 3.63) is 72.4 Å². The van der Waals surface area contributed by atoms with Gasteiger partial charge in [0, 0.05) is 61.9 Å². The monoisotopic (exact) mass is 535 g/mol. The first kappa shape index (κ1) is 27.5. The minimum absolute atomic E-state index is 0.230. The van der Waals surface area contributed by atoms with Crippen LogP contribution >= 0.6 is 11.6 Å². The van der Waals surface area contributed by atoms with Crippen molar-refractivity contribution in [3.8, 4) is 11.3 Å². The van der Waals surface area contributed by atoms with Crippen LogP contribution in [0.5, 0.6) is 0 Å². The average Bonchev–Trinajstić information content (AvgIpc) is 2.93. The van der Waals surface area contributed by atoms with Gasteiger partial charge in [-0.05, 0) is 49.4 Å². The molecule has 0 bridgehead atoms. The third-order valence-electron chi connectivity index (χ3n) is 6.31. The number of anilines is 4. The highest BCUT2D eigenvalue weighted by Crippen LogP contribution is 2.29. The number of carbonyl (C=O) groups is 1. The number of β-amino-alcohol motifs (C(OH)–C–C–N with tert-alkyl or cyclic N) is 1. The summed E-state index contributed by atoms with van der Waals surface area (Å²) in [5, 5.41) is 19.0. The molecule has 2 heterocycles. The molecule has 10 heteroatoms. The lowest BCUT2D eigenvalue weighted by Gasteiger charge is -2.34. The maximum atomic E-state index is 11.7. The van der Waals surface area contributed by atoms with Gasteiger partial charge in [-0.15, -0.1) is 0 Å². The highest BCUT2D eigenvalue weighted by Gasteiger charge is 2.15. The Morgan fingerprint density at radius 3 is 2.50 bits per heavy atom. The third kappa shape index (κ3) is 8.00. The summed E-state index contributed by atoms with van der Waals surface area (Å²) < 4.78 is 0. The Bertz CT molecular complexity index is 1230. The molecule has 200 valence electrons. The van der Waals surface area contributed by atoms with E-state index in [1.165, 1.54) is 6.08 Å². The standard InChI is InChI=1S/C28H34ClN7O2/c1-2-26(38)32-23-8-3-6-21(18-23)27-25(29)20-31-28(34-27)33-24-9-4-7-22(19-24)30-10-5-11-35-12-14-36(15-13-35)16-17-37/h2-4,6-9,18-20,30,37H,1,5,10-17H2,(H,32,38)(H,31,33,34). The molecule has 1 amide bonds. The Hall–Kier alpha value is -3.50. The molecule has 9 nitrogen and oxygen atoms in total. The largest absolute Gasteiger partial charge is 0.395 e. The maximum absolute atomic E-state index is 11.7. The zero-order valence-corrected chi connectivity index (χ0v) is 22.1. The number of aliphatic hydroxyl groups is 1. The molecular weight excluding hydrogens is 502 g/mol. The van der Waals surface area contributed by atoms with Crippen LogP contribution in [-0.2, 0) is 4.79 Å². The van der Waals surface area contributed by atoms with Crippen molar-refractivity contribution in [2.75, 3.05) is 68.4 Å². The first-order chi connectivity index (χ1) is 18.5. The number of halogens is 1. The molecule has 4 N–H and O–H groups in total. The van der Waals surface area contributed by atoms with Gasteiger partial charge in [-0.3, -0.25) is 9.69 Å². The lowest BCUT2D eigenvalue weighted by atomic mass is 10.1. The van der Waals surface area contributed by atoms with Crippen LogP contribution in [0.2, 0.25) is 5.02 Å². The smallest absolute Gasteiger partial charge is 0.247 e. The molecule has 0 aliphatic carbocycles. The zero-order valence-electron chi connectivity index (χ0n) is 21.4. The van der Waals surface area contributed by atoms with Crippen LogP contribution in [-0.4, -0.2) is 83.2 Å². The fourth-order valence-electron chi connectivity index (χ4n) is 4.32. The lowest BCUT2D eigenvalue weighted by Crippen LogP contribution is -2.47. The Labute approximate surface area is 228 Å². The lowest BCUT2D eigenvalue weighted by molar-refractivity contribution is -0.111. The first-order valence-electron chi connectivity index (χ1n) is 12.8. The molecule has 0 unspecified atom stereocenters. The molecule has 1 aliphatic heterocycles. The molecular formula is C28H34ClN7O2. The van der Waals surface area contributed by atoms with Crippen molar-refractivity contribution in [2.45, 2.75) is 6.42 Å². The van der Waals surface area contributed by atoms with Crippen molar-refractivity contribution >= 4 is 40.5 Å². The summed E-state index contributed by atoms with van der Waals surface area (Å²) in [4.78, 5) is 25.4. The molecule has 0 spiro atoms. The Balaban J connectivity index is 1.32. The molecule has 0 saturated carbocycles. The van der Waals surface area contributed by atoms with Gasteiger partial charge in [-0.25, -0.2) is 9.97 Å². The third-order valence-corrected chi connectivity index (χ3v) is 6.59. The number of benzene rings is 2. The Kier molecular flexibility index (Phi) is 10.1. The fraction of sp³-hybridized carbons (Fsp3) is 0.321. The SMILES string of the molecule is C=CC(=O)Nc1cccc(-c2nc(Nc3cccc(NCCCN4CCN(CCO)CC4)c3)ncc2Cl)c1. The van der Waals surface area contributed by atoms with Crippen molar-refractivity contribution in [3.63, 3.8) is 0 Å². The van der Waals surface area contributed by atoms with Gasteiger partial charge in [0.25, 0.3) is 0 Å². The summed E-state index contributed by atoms with van der Waals surface area (Å²) >= 11 is 6.41. The molecule has 0 atom stereocenters. The van der Waals surface area contributed by atoms with Crippen LogP contribution in [0.1, 0.15) is 6.42 Å². The summed E-state index contributed by atoms with van der Waals surface area (Å²) in [6.07, 6.45) is 3.83. The second-order valence-electron chi connectivity index (χ2n) is 9.06. The number of nitrogens with one attached hydrogen (secondary N) is 3. The summed E-state index contributed by atoms with van der Waals surface area (Å²) in [6, 6.07) is 15.3. The minimum atomic E-state index is -0.288. The topological polar surface area (TPSA) is 106 Å². The number of hydrogen-bond acceptors (Lipinski definition) is 8. The quantitative estimate of drug-likeness (QED) is 0.203. The van der Waals surface area contributed by atoms with Crippen LogP contribution in [0.15, 0.2) is 67.4 Å². The van der Waals surface area contributed by atoms with E-state index in [0.29, 0.717) is 22.4 Å². The van der Waals surface area contributed by atoms with E-state index in [0.717, 1.165) is 69.2 Å². The number of aliphatic hydroxyl groups excluding tert-OH is 1. The number of rotatable bonds is 12. The van der Waals surface area contributed by atoms with E-state index in [9.17, 15) is 4.79 Å². The van der Waals surface area contributed by atoms with Crippen LogP contribution < -0.4 is 16.0 Å². The van der Waals surface area contributed by atoms with Gasteiger partial charge in [0.1, 0.15) is 0 Å². The minimum Gasteiger partial charge on any atom is -0.395 e. The van der Waals surface area contributed by atoms with Gasteiger partial charge in [-0.1, -0.05) is 36.4 Å². The molecule has 1 aliphatic rings. The van der Waals surface area contributed by atoms with Gasteiger partial charge < -0.3 is 26.0 Å². The van der Waals surface area contributed by atoms with Crippen LogP contribution in [0.3, 0.4) is 0 Å². The van der Waals surface area contributed by atoms with Crippen molar-refractivity contribution in [1.82, 2.24) is 19.8 Å². The molecule has 2 aromatic carbocycles. The number of hydrogen-bond donors (Lipinski definition) is 4. The van der Waals surface area contributed by atoms with Crippen molar-refractivity contribution < 1.29 is 9.90 Å². The Morgan fingerprint density at radius 1 is 1.03 bits per heavy atom. The van der Waals surface area contributed by atoms with Crippen LogP contribution in [0.25, 0.3) is 11.3 Å². The van der Waals surface area contributed by atoms with Crippen molar-refractivity contribution in [2.24, 2.45) is 0 Å². The summed E-state index contributed by atoms with van der Waals surface area (Å²) in [5.41, 5.74) is 3.81. The average molecular weight is 536 g/mol. The maximum Gasteiger partial charge on any atom is 0.247 e. The number of carbonyl (C=O) groups excluding carboxylic acids is 1. The van der Waals surface area contributed by atoms with E-state index >= 15 is 0 Å². The second-order valence-corrected chi connectivity index (χ2v) is 9.46. The number of amides is 1. The number of piperazine rings is 1. The predicted octanol–water partition coefficient (Wildman–Crippen LogP) is 4.08. The van der Waals surface area contributed by atoms with E-state index in [1.807, 2.05) is 36.4 Å². The highest BCUT2D eigenvalue weighted by molar-refractivity contribution is 6.33.